The highest BCUT2D eigenvalue weighted by Gasteiger charge is 2.15. The van der Waals surface area contributed by atoms with Gasteiger partial charge in [-0.3, -0.25) is 4.79 Å². The van der Waals surface area contributed by atoms with Gasteiger partial charge in [0.15, 0.2) is 0 Å². The number of nitriles is 1. The van der Waals surface area contributed by atoms with Crippen LogP contribution in [0.3, 0.4) is 0 Å². The number of carbonyl (C=O) groups excluding carboxylic acids is 1. The molecule has 1 heterocycles. The van der Waals surface area contributed by atoms with Crippen LogP contribution >= 0.6 is 22.9 Å². The Bertz CT molecular complexity index is 710. The average molecular weight is 324 g/mol. The lowest BCUT2D eigenvalue weighted by Gasteiger charge is -2.15. The number of benzene rings is 1. The van der Waals surface area contributed by atoms with Crippen LogP contribution < -0.4 is 10.6 Å². The van der Waals surface area contributed by atoms with Gasteiger partial charge in [-0.2, -0.15) is 5.26 Å². The molecule has 0 spiro atoms. The number of nitrogens with one attached hydrogen (secondary N) is 2. The van der Waals surface area contributed by atoms with Crippen molar-refractivity contribution in [2.75, 3.05) is 10.6 Å². The fourth-order valence-corrected chi connectivity index (χ4v) is 2.54. The van der Waals surface area contributed by atoms with Gasteiger partial charge in [0.25, 0.3) is 0 Å². The second-order valence-corrected chi connectivity index (χ2v) is 5.58. The Balaban J connectivity index is 2.03. The summed E-state index contributed by atoms with van der Waals surface area (Å²) in [5.41, 5.74) is 0.959. The van der Waals surface area contributed by atoms with Crippen LogP contribution in [0, 0.1) is 17.1 Å². The molecule has 0 aliphatic carbocycles. The minimum atomic E-state index is -0.569. The summed E-state index contributed by atoms with van der Waals surface area (Å²) < 4.78 is 13.1. The third-order valence-corrected chi connectivity index (χ3v) is 3.84. The standard InChI is InChI=1S/C14H11ClFN3OS/c1-8(18-10-2-3-12(16)11(15)6-10)13(20)19-14-9(7-17)4-5-21-14/h2-6,8,18H,1H3,(H,19,20)/t8-/m0/s1. The highest BCUT2D eigenvalue weighted by molar-refractivity contribution is 7.14. The summed E-state index contributed by atoms with van der Waals surface area (Å²) in [6.07, 6.45) is 0. The Morgan fingerprint density at radius 1 is 1.48 bits per heavy atom. The molecular weight excluding hydrogens is 313 g/mol. The zero-order valence-corrected chi connectivity index (χ0v) is 12.6. The number of hydrogen-bond donors (Lipinski definition) is 2. The first kappa shape index (κ1) is 15.3. The Hall–Kier alpha value is -2.10. The van der Waals surface area contributed by atoms with E-state index in [-0.39, 0.29) is 10.9 Å². The fraction of sp³-hybridized carbons (Fsp3) is 0.143. The van der Waals surface area contributed by atoms with Gasteiger partial charge in [0.2, 0.25) is 5.91 Å². The molecule has 2 N–H and O–H groups in total. The summed E-state index contributed by atoms with van der Waals surface area (Å²) in [6.45, 7) is 1.66. The number of carbonyl (C=O) groups is 1. The van der Waals surface area contributed by atoms with Crippen molar-refractivity contribution < 1.29 is 9.18 Å². The van der Waals surface area contributed by atoms with Gasteiger partial charge in [-0.05, 0) is 36.6 Å². The molecule has 0 radical (unpaired) electrons. The molecule has 0 aliphatic heterocycles. The van der Waals surface area contributed by atoms with Gasteiger partial charge < -0.3 is 10.6 Å². The van der Waals surface area contributed by atoms with E-state index in [0.717, 1.165) is 0 Å². The van der Waals surface area contributed by atoms with Gasteiger partial charge in [-0.15, -0.1) is 11.3 Å². The van der Waals surface area contributed by atoms with E-state index in [1.54, 1.807) is 18.4 Å². The minimum absolute atomic E-state index is 0.0161. The molecule has 2 aromatic rings. The lowest BCUT2D eigenvalue weighted by atomic mass is 10.2. The van der Waals surface area contributed by atoms with Crippen molar-refractivity contribution in [3.8, 4) is 6.07 Å². The van der Waals surface area contributed by atoms with Crippen LogP contribution in [-0.4, -0.2) is 11.9 Å². The predicted octanol–water partition coefficient (Wildman–Crippen LogP) is 3.85. The van der Waals surface area contributed by atoms with Crippen molar-refractivity contribution in [3.05, 3.63) is 46.0 Å². The summed E-state index contributed by atoms with van der Waals surface area (Å²) in [5, 5.41) is 16.7. The van der Waals surface area contributed by atoms with Crippen molar-refractivity contribution in [1.29, 1.82) is 5.26 Å². The lowest BCUT2D eigenvalue weighted by molar-refractivity contribution is -0.116. The summed E-state index contributed by atoms with van der Waals surface area (Å²) in [7, 11) is 0. The number of hydrogen-bond acceptors (Lipinski definition) is 4. The van der Waals surface area contributed by atoms with Gasteiger partial charge in [-0.25, -0.2) is 4.39 Å². The number of anilines is 2. The molecule has 0 bridgehead atoms. The monoisotopic (exact) mass is 323 g/mol. The Morgan fingerprint density at radius 3 is 2.90 bits per heavy atom. The van der Waals surface area contributed by atoms with E-state index in [0.29, 0.717) is 16.3 Å². The van der Waals surface area contributed by atoms with Crippen molar-refractivity contribution in [1.82, 2.24) is 0 Å². The summed E-state index contributed by atoms with van der Waals surface area (Å²) in [4.78, 5) is 12.1. The molecule has 0 saturated carbocycles. The first-order chi connectivity index (χ1) is 10.0. The highest BCUT2D eigenvalue weighted by Crippen LogP contribution is 2.23. The Labute approximate surface area is 130 Å². The van der Waals surface area contributed by atoms with Crippen LogP contribution in [0.25, 0.3) is 0 Å². The molecule has 108 valence electrons. The van der Waals surface area contributed by atoms with Gasteiger partial charge >= 0.3 is 0 Å². The van der Waals surface area contributed by atoms with Crippen molar-refractivity contribution >= 4 is 39.5 Å². The van der Waals surface area contributed by atoms with Gasteiger partial charge in [0.1, 0.15) is 22.9 Å². The molecule has 21 heavy (non-hydrogen) atoms. The second kappa shape index (κ2) is 6.57. The topological polar surface area (TPSA) is 64.9 Å². The van der Waals surface area contributed by atoms with Crippen molar-refractivity contribution in [2.24, 2.45) is 0 Å². The first-order valence-corrected chi connectivity index (χ1v) is 7.27. The van der Waals surface area contributed by atoms with E-state index in [1.807, 2.05) is 6.07 Å². The molecule has 1 atom stereocenters. The zero-order chi connectivity index (χ0) is 15.4. The second-order valence-electron chi connectivity index (χ2n) is 4.26. The first-order valence-electron chi connectivity index (χ1n) is 6.01. The smallest absolute Gasteiger partial charge is 0.247 e. The van der Waals surface area contributed by atoms with Crippen LogP contribution in [0.4, 0.5) is 15.1 Å². The number of thiophene rings is 1. The van der Waals surface area contributed by atoms with Crippen LogP contribution in [0.1, 0.15) is 12.5 Å². The van der Waals surface area contributed by atoms with Crippen molar-refractivity contribution in [3.63, 3.8) is 0 Å². The van der Waals surface area contributed by atoms with Crippen LogP contribution in [0.5, 0.6) is 0 Å². The predicted molar refractivity (Wildman–Crippen MR) is 82.2 cm³/mol. The average Bonchev–Trinajstić information content (AvgIpc) is 2.90. The minimum Gasteiger partial charge on any atom is -0.374 e. The molecule has 0 unspecified atom stereocenters. The molecule has 4 nitrogen and oxygen atoms in total. The third-order valence-electron chi connectivity index (χ3n) is 2.72. The van der Waals surface area contributed by atoms with Crippen LogP contribution in [-0.2, 0) is 4.79 Å². The van der Waals surface area contributed by atoms with Gasteiger partial charge in [-0.1, -0.05) is 11.6 Å². The molecule has 2 rings (SSSR count). The Morgan fingerprint density at radius 2 is 2.24 bits per heavy atom. The molecule has 0 saturated heterocycles. The summed E-state index contributed by atoms with van der Waals surface area (Å²) in [6, 6.07) is 7.20. The van der Waals surface area contributed by atoms with E-state index in [2.05, 4.69) is 10.6 Å². The zero-order valence-electron chi connectivity index (χ0n) is 11.0. The van der Waals surface area contributed by atoms with E-state index >= 15 is 0 Å². The number of halogens is 2. The molecule has 7 heteroatoms. The molecule has 1 aromatic heterocycles. The van der Waals surface area contributed by atoms with E-state index in [1.165, 1.54) is 29.5 Å². The molecule has 0 aliphatic rings. The van der Waals surface area contributed by atoms with Crippen LogP contribution in [0.15, 0.2) is 29.6 Å². The van der Waals surface area contributed by atoms with Gasteiger partial charge in [0.05, 0.1) is 10.6 Å². The maximum Gasteiger partial charge on any atom is 0.247 e. The SMILES string of the molecule is C[C@H](Nc1ccc(F)c(Cl)c1)C(=O)Nc1sccc1C#N. The number of rotatable bonds is 4. The highest BCUT2D eigenvalue weighted by atomic mass is 35.5. The van der Waals surface area contributed by atoms with E-state index in [9.17, 15) is 9.18 Å². The number of nitrogens with zero attached hydrogens (tertiary/aromatic N) is 1. The van der Waals surface area contributed by atoms with E-state index in [4.69, 9.17) is 16.9 Å². The Kier molecular flexibility index (Phi) is 4.78. The molecule has 0 fully saturated rings. The van der Waals surface area contributed by atoms with E-state index < -0.39 is 11.9 Å². The summed E-state index contributed by atoms with van der Waals surface area (Å²) in [5.74, 6) is -0.814. The molecule has 1 amide bonds. The lowest BCUT2D eigenvalue weighted by Crippen LogP contribution is -2.31. The largest absolute Gasteiger partial charge is 0.374 e. The maximum absolute atomic E-state index is 13.1. The molecule has 1 aromatic carbocycles. The normalized spacial score (nSPS) is 11.5. The maximum atomic E-state index is 13.1. The van der Waals surface area contributed by atoms with Crippen LogP contribution in [0.2, 0.25) is 5.02 Å². The quantitative estimate of drug-likeness (QED) is 0.898. The number of amides is 1. The fourth-order valence-electron chi connectivity index (χ4n) is 1.62. The summed E-state index contributed by atoms with van der Waals surface area (Å²) >= 11 is 6.96. The third kappa shape index (κ3) is 3.72. The van der Waals surface area contributed by atoms with Crippen molar-refractivity contribution in [2.45, 2.75) is 13.0 Å². The van der Waals surface area contributed by atoms with Gasteiger partial charge in [0, 0.05) is 5.69 Å². The molecular formula is C14H11ClFN3OS.